The molecule has 0 unspecified atom stereocenters. The van der Waals surface area contributed by atoms with Crippen molar-refractivity contribution < 1.29 is 14.3 Å². The van der Waals surface area contributed by atoms with Crippen molar-refractivity contribution in [1.29, 1.82) is 0 Å². The maximum atomic E-state index is 10.7. The molecule has 0 aliphatic rings. The molecule has 1 amide bonds. The van der Waals surface area contributed by atoms with E-state index in [9.17, 15) is 4.79 Å². The van der Waals surface area contributed by atoms with Crippen LogP contribution in [-0.4, -0.2) is 20.1 Å². The van der Waals surface area contributed by atoms with Crippen LogP contribution in [-0.2, 0) is 4.79 Å². The first-order valence-corrected chi connectivity index (χ1v) is 4.58. The molecule has 0 aromatic heterocycles. The summed E-state index contributed by atoms with van der Waals surface area (Å²) < 4.78 is 10.3. The third-order valence-electron chi connectivity index (χ3n) is 2.01. The second-order valence-corrected chi connectivity index (χ2v) is 3.04. The Balaban J connectivity index is 3.28. The minimum Gasteiger partial charge on any atom is -0.493 e. The number of methoxy groups -OCH3 is 2. The van der Waals surface area contributed by atoms with E-state index in [1.54, 1.807) is 18.2 Å². The minimum atomic E-state index is -0.609. The van der Waals surface area contributed by atoms with Gasteiger partial charge in [-0.3, -0.25) is 4.79 Å². The third-order valence-corrected chi connectivity index (χ3v) is 2.01. The second-order valence-electron chi connectivity index (χ2n) is 3.04. The van der Waals surface area contributed by atoms with Gasteiger partial charge >= 0.3 is 0 Å². The van der Waals surface area contributed by atoms with E-state index in [0.29, 0.717) is 17.1 Å². The van der Waals surface area contributed by atoms with Crippen LogP contribution in [0.2, 0.25) is 0 Å². The number of nitrogens with two attached hydrogens (primary N) is 2. The number of para-hydroxylation sites is 1. The minimum absolute atomic E-state index is 0.239. The van der Waals surface area contributed by atoms with Gasteiger partial charge in [-0.15, -0.1) is 0 Å². The van der Waals surface area contributed by atoms with Crippen molar-refractivity contribution >= 4 is 11.6 Å². The van der Waals surface area contributed by atoms with E-state index in [2.05, 4.69) is 0 Å². The average Bonchev–Trinajstić information content (AvgIpc) is 2.26. The number of carbonyl (C=O) groups excluding carboxylic acids is 1. The highest BCUT2D eigenvalue weighted by molar-refractivity contribution is 5.94. The summed E-state index contributed by atoms with van der Waals surface area (Å²) in [6.07, 6.45) is 1.14. The molecule has 86 valence electrons. The Hall–Kier alpha value is -2.17. The number of amides is 1. The van der Waals surface area contributed by atoms with Gasteiger partial charge in [0.1, 0.15) is 0 Å². The van der Waals surface area contributed by atoms with Crippen molar-refractivity contribution in [3.63, 3.8) is 0 Å². The van der Waals surface area contributed by atoms with Gasteiger partial charge < -0.3 is 20.9 Å². The molecule has 5 heteroatoms. The summed E-state index contributed by atoms with van der Waals surface area (Å²) in [6, 6.07) is 5.20. The fraction of sp³-hybridized carbons (Fsp3) is 0.182. The van der Waals surface area contributed by atoms with E-state index >= 15 is 0 Å². The zero-order chi connectivity index (χ0) is 12.1. The van der Waals surface area contributed by atoms with Crippen molar-refractivity contribution in [3.05, 3.63) is 29.8 Å². The van der Waals surface area contributed by atoms with Crippen LogP contribution in [0.5, 0.6) is 11.5 Å². The predicted molar refractivity (Wildman–Crippen MR) is 60.9 cm³/mol. The van der Waals surface area contributed by atoms with Crippen molar-refractivity contribution in [1.82, 2.24) is 0 Å². The molecule has 1 aromatic rings. The lowest BCUT2D eigenvalue weighted by Gasteiger charge is -2.12. The van der Waals surface area contributed by atoms with Crippen LogP contribution in [0, 0.1) is 0 Å². The third kappa shape index (κ3) is 2.44. The predicted octanol–water partition coefficient (Wildman–Crippen LogP) is 0.489. The molecule has 4 N–H and O–H groups in total. The van der Waals surface area contributed by atoms with Crippen LogP contribution in [0.25, 0.3) is 5.70 Å². The number of primary amides is 1. The number of rotatable bonds is 4. The second kappa shape index (κ2) is 5.06. The van der Waals surface area contributed by atoms with Crippen LogP contribution in [0.15, 0.2) is 24.3 Å². The normalized spacial score (nSPS) is 11.0. The lowest BCUT2D eigenvalue weighted by molar-refractivity contribution is -0.113. The Morgan fingerprint density at radius 2 is 1.94 bits per heavy atom. The lowest BCUT2D eigenvalue weighted by atomic mass is 10.1. The van der Waals surface area contributed by atoms with Crippen LogP contribution in [0.3, 0.4) is 0 Å². The molecular weight excluding hydrogens is 208 g/mol. The molecule has 0 saturated carbocycles. The summed E-state index contributed by atoms with van der Waals surface area (Å²) in [5.41, 5.74) is 11.6. The van der Waals surface area contributed by atoms with Gasteiger partial charge in [-0.2, -0.15) is 0 Å². The number of carbonyl (C=O) groups is 1. The van der Waals surface area contributed by atoms with Gasteiger partial charge in [-0.05, 0) is 12.1 Å². The molecule has 0 aliphatic heterocycles. The fourth-order valence-electron chi connectivity index (χ4n) is 1.35. The lowest BCUT2D eigenvalue weighted by Crippen LogP contribution is -2.10. The first-order chi connectivity index (χ1) is 7.60. The topological polar surface area (TPSA) is 87.6 Å². The Morgan fingerprint density at radius 3 is 2.44 bits per heavy atom. The molecule has 0 aliphatic carbocycles. The summed E-state index contributed by atoms with van der Waals surface area (Å²) in [7, 11) is 3.02. The van der Waals surface area contributed by atoms with Crippen molar-refractivity contribution in [2.24, 2.45) is 11.5 Å². The van der Waals surface area contributed by atoms with Crippen LogP contribution in [0.4, 0.5) is 0 Å². The highest BCUT2D eigenvalue weighted by atomic mass is 16.5. The molecule has 1 rings (SSSR count). The SMILES string of the molecule is COc1cccc(/C(N)=C/C(N)=O)c1OC. The number of ether oxygens (including phenoxy) is 2. The van der Waals surface area contributed by atoms with Crippen LogP contribution >= 0.6 is 0 Å². The maximum Gasteiger partial charge on any atom is 0.243 e. The van der Waals surface area contributed by atoms with E-state index in [4.69, 9.17) is 20.9 Å². The Morgan fingerprint density at radius 1 is 1.25 bits per heavy atom. The van der Waals surface area contributed by atoms with E-state index in [0.717, 1.165) is 6.08 Å². The van der Waals surface area contributed by atoms with Gasteiger partial charge in [-0.25, -0.2) is 0 Å². The van der Waals surface area contributed by atoms with Crippen LogP contribution in [0.1, 0.15) is 5.56 Å². The largest absolute Gasteiger partial charge is 0.493 e. The average molecular weight is 222 g/mol. The molecule has 0 heterocycles. The quantitative estimate of drug-likeness (QED) is 0.726. The van der Waals surface area contributed by atoms with Crippen LogP contribution < -0.4 is 20.9 Å². The molecule has 5 nitrogen and oxygen atoms in total. The van der Waals surface area contributed by atoms with E-state index in [1.165, 1.54) is 14.2 Å². The summed E-state index contributed by atoms with van der Waals surface area (Å²) in [5, 5.41) is 0. The summed E-state index contributed by atoms with van der Waals surface area (Å²) in [5.74, 6) is 0.406. The maximum absolute atomic E-state index is 10.7. The first-order valence-electron chi connectivity index (χ1n) is 4.58. The van der Waals surface area contributed by atoms with Gasteiger partial charge in [0.15, 0.2) is 11.5 Å². The van der Waals surface area contributed by atoms with Crippen molar-refractivity contribution in [2.45, 2.75) is 0 Å². The highest BCUT2D eigenvalue weighted by Gasteiger charge is 2.11. The van der Waals surface area contributed by atoms with Crippen molar-refractivity contribution in [3.8, 4) is 11.5 Å². The molecule has 1 aromatic carbocycles. The smallest absolute Gasteiger partial charge is 0.243 e. The zero-order valence-corrected chi connectivity index (χ0v) is 9.19. The molecule has 0 radical (unpaired) electrons. The molecule has 0 bridgehead atoms. The standard InChI is InChI=1S/C11H14N2O3/c1-15-9-5-3-4-7(11(9)16-2)8(12)6-10(13)14/h3-6H,12H2,1-2H3,(H2,13,14)/b8-6-. The van der Waals surface area contributed by atoms with E-state index in [1.807, 2.05) is 0 Å². The molecule has 0 atom stereocenters. The van der Waals surface area contributed by atoms with Gasteiger partial charge in [-0.1, -0.05) is 6.07 Å². The zero-order valence-electron chi connectivity index (χ0n) is 9.19. The van der Waals surface area contributed by atoms with Gasteiger partial charge in [0.2, 0.25) is 5.91 Å². The molecule has 0 fully saturated rings. The van der Waals surface area contributed by atoms with Gasteiger partial charge in [0, 0.05) is 17.3 Å². The summed E-state index contributed by atoms with van der Waals surface area (Å²) in [6.45, 7) is 0. The molecule has 16 heavy (non-hydrogen) atoms. The van der Waals surface area contributed by atoms with Crippen molar-refractivity contribution in [2.75, 3.05) is 14.2 Å². The monoisotopic (exact) mass is 222 g/mol. The summed E-state index contributed by atoms with van der Waals surface area (Å²) in [4.78, 5) is 10.7. The van der Waals surface area contributed by atoms with E-state index < -0.39 is 5.91 Å². The molecule has 0 spiro atoms. The summed E-state index contributed by atoms with van der Waals surface area (Å²) >= 11 is 0. The fourth-order valence-corrected chi connectivity index (χ4v) is 1.35. The Bertz CT molecular complexity index is 427. The number of benzene rings is 1. The Labute approximate surface area is 93.6 Å². The van der Waals surface area contributed by atoms with E-state index in [-0.39, 0.29) is 5.70 Å². The number of hydrogen-bond acceptors (Lipinski definition) is 4. The Kier molecular flexibility index (Phi) is 3.77. The molecule has 0 saturated heterocycles. The highest BCUT2D eigenvalue weighted by Crippen LogP contribution is 2.33. The number of hydrogen-bond donors (Lipinski definition) is 2. The van der Waals surface area contributed by atoms with Gasteiger partial charge in [0.05, 0.1) is 14.2 Å². The first kappa shape index (κ1) is 11.9. The molecular formula is C11H14N2O3. The van der Waals surface area contributed by atoms with Gasteiger partial charge in [0.25, 0.3) is 0 Å².